The highest BCUT2D eigenvalue weighted by Crippen LogP contribution is 2.43. The van der Waals surface area contributed by atoms with Crippen LogP contribution in [0.15, 0.2) is 0 Å². The summed E-state index contributed by atoms with van der Waals surface area (Å²) in [4.78, 5) is 0. The van der Waals surface area contributed by atoms with Crippen molar-refractivity contribution < 1.29 is 0 Å². The van der Waals surface area contributed by atoms with Gasteiger partial charge in [-0.15, -0.1) is 0 Å². The molecule has 0 radical (unpaired) electrons. The monoisotopic (exact) mass is 171 g/mol. The highest BCUT2D eigenvalue weighted by molar-refractivity contribution is 4.87. The molecule has 0 aliphatic rings. The zero-order valence-corrected chi connectivity index (χ0v) is 9.78. The lowest BCUT2D eigenvalue weighted by Crippen LogP contribution is -2.39. The van der Waals surface area contributed by atoms with Crippen LogP contribution in [0.3, 0.4) is 0 Å². The van der Waals surface area contributed by atoms with Crippen LogP contribution in [0.25, 0.3) is 0 Å². The molecule has 0 aromatic rings. The van der Waals surface area contributed by atoms with E-state index in [1.165, 1.54) is 0 Å². The van der Waals surface area contributed by atoms with Crippen molar-refractivity contribution in [2.75, 3.05) is 13.6 Å². The lowest BCUT2D eigenvalue weighted by Gasteiger charge is -2.43. The molecule has 0 aromatic heterocycles. The first-order valence-corrected chi connectivity index (χ1v) is 4.88. The smallest absolute Gasteiger partial charge is 0.00209 e. The Morgan fingerprint density at radius 3 is 1.75 bits per heavy atom. The van der Waals surface area contributed by atoms with Crippen LogP contribution in [0.1, 0.15) is 41.5 Å². The Hall–Kier alpha value is -0.0400. The molecule has 0 bridgehead atoms. The number of hydrogen-bond donors (Lipinski definition) is 1. The Morgan fingerprint density at radius 1 is 1.08 bits per heavy atom. The van der Waals surface area contributed by atoms with Gasteiger partial charge in [-0.2, -0.15) is 0 Å². The van der Waals surface area contributed by atoms with E-state index in [1.54, 1.807) is 0 Å². The Kier molecular flexibility index (Phi) is 3.77. The molecule has 0 spiro atoms. The molecule has 0 aliphatic heterocycles. The minimum atomic E-state index is 0.378. The highest BCUT2D eigenvalue weighted by Gasteiger charge is 2.36. The topological polar surface area (TPSA) is 12.0 Å². The molecule has 74 valence electrons. The second kappa shape index (κ2) is 3.78. The summed E-state index contributed by atoms with van der Waals surface area (Å²) in [6, 6.07) is 0. The molecule has 0 aromatic carbocycles. The van der Waals surface area contributed by atoms with Crippen LogP contribution in [0, 0.1) is 16.7 Å². The molecular weight excluding hydrogens is 146 g/mol. The van der Waals surface area contributed by atoms with Crippen molar-refractivity contribution >= 4 is 0 Å². The molecule has 12 heavy (non-hydrogen) atoms. The maximum absolute atomic E-state index is 3.25. The molecule has 1 unspecified atom stereocenters. The third-order valence-corrected chi connectivity index (χ3v) is 3.68. The van der Waals surface area contributed by atoms with Gasteiger partial charge in [-0.25, -0.2) is 0 Å². The van der Waals surface area contributed by atoms with Crippen molar-refractivity contribution in [2.45, 2.75) is 41.5 Å². The molecule has 0 saturated heterocycles. The largest absolute Gasteiger partial charge is 0.319 e. The van der Waals surface area contributed by atoms with Crippen molar-refractivity contribution in [2.24, 2.45) is 16.7 Å². The zero-order valence-electron chi connectivity index (χ0n) is 9.78. The van der Waals surface area contributed by atoms with Crippen LogP contribution in [0.5, 0.6) is 0 Å². The molecule has 1 N–H and O–H groups in total. The lowest BCUT2D eigenvalue weighted by molar-refractivity contribution is 0.0648. The molecule has 0 fully saturated rings. The molecule has 1 nitrogen and oxygen atoms in total. The summed E-state index contributed by atoms with van der Waals surface area (Å²) in [5.41, 5.74) is 0.763. The number of nitrogens with one attached hydrogen (secondary N) is 1. The Balaban J connectivity index is 4.38. The van der Waals surface area contributed by atoms with Crippen LogP contribution in [-0.2, 0) is 0 Å². The molecule has 1 atom stereocenters. The summed E-state index contributed by atoms with van der Waals surface area (Å²) in [6.07, 6.45) is 0. The third kappa shape index (κ3) is 2.48. The van der Waals surface area contributed by atoms with E-state index in [2.05, 4.69) is 46.9 Å². The van der Waals surface area contributed by atoms with Gasteiger partial charge in [0.2, 0.25) is 0 Å². The maximum atomic E-state index is 3.25. The van der Waals surface area contributed by atoms with E-state index in [-0.39, 0.29) is 0 Å². The first-order valence-electron chi connectivity index (χ1n) is 4.88. The standard InChI is InChI=1S/C11H25N/c1-9(8-12-7)11(5,6)10(2,3)4/h9,12H,8H2,1-7H3. The predicted molar refractivity (Wildman–Crippen MR) is 56.3 cm³/mol. The second-order valence-corrected chi connectivity index (χ2v) is 5.43. The van der Waals surface area contributed by atoms with Gasteiger partial charge in [-0.1, -0.05) is 41.5 Å². The fourth-order valence-corrected chi connectivity index (χ4v) is 1.30. The Labute approximate surface area is 77.9 Å². The van der Waals surface area contributed by atoms with Gasteiger partial charge in [0, 0.05) is 0 Å². The van der Waals surface area contributed by atoms with E-state index in [4.69, 9.17) is 0 Å². The maximum Gasteiger partial charge on any atom is -0.00209 e. The van der Waals surface area contributed by atoms with Gasteiger partial charge in [0.15, 0.2) is 0 Å². The average molecular weight is 171 g/mol. The number of rotatable bonds is 3. The first kappa shape index (κ1) is 12.0. The SMILES string of the molecule is CNCC(C)C(C)(C)C(C)(C)C. The molecule has 0 heterocycles. The minimum Gasteiger partial charge on any atom is -0.319 e. The summed E-state index contributed by atoms with van der Waals surface area (Å²) in [6.45, 7) is 15.1. The van der Waals surface area contributed by atoms with E-state index in [1.807, 2.05) is 7.05 Å². The van der Waals surface area contributed by atoms with Crippen molar-refractivity contribution in [1.29, 1.82) is 0 Å². The fraction of sp³-hybridized carbons (Fsp3) is 1.00. The summed E-state index contributed by atoms with van der Waals surface area (Å²) >= 11 is 0. The van der Waals surface area contributed by atoms with E-state index in [0.29, 0.717) is 16.7 Å². The van der Waals surface area contributed by atoms with Crippen molar-refractivity contribution in [1.82, 2.24) is 5.32 Å². The van der Waals surface area contributed by atoms with E-state index >= 15 is 0 Å². The van der Waals surface area contributed by atoms with Gasteiger partial charge in [-0.3, -0.25) is 0 Å². The number of hydrogen-bond acceptors (Lipinski definition) is 1. The Morgan fingerprint density at radius 2 is 1.50 bits per heavy atom. The van der Waals surface area contributed by atoms with Gasteiger partial charge in [-0.05, 0) is 30.3 Å². The van der Waals surface area contributed by atoms with Crippen LogP contribution in [-0.4, -0.2) is 13.6 Å². The quantitative estimate of drug-likeness (QED) is 0.688. The van der Waals surface area contributed by atoms with E-state index in [9.17, 15) is 0 Å². The summed E-state index contributed by atoms with van der Waals surface area (Å²) in [7, 11) is 2.02. The summed E-state index contributed by atoms with van der Waals surface area (Å²) < 4.78 is 0. The van der Waals surface area contributed by atoms with Crippen molar-refractivity contribution in [3.8, 4) is 0 Å². The lowest BCUT2D eigenvalue weighted by atomic mass is 9.62. The molecule has 1 heteroatoms. The predicted octanol–water partition coefficient (Wildman–Crippen LogP) is 2.91. The highest BCUT2D eigenvalue weighted by atomic mass is 14.8. The fourth-order valence-electron chi connectivity index (χ4n) is 1.30. The van der Waals surface area contributed by atoms with Crippen LogP contribution >= 0.6 is 0 Å². The average Bonchev–Trinajstić information content (AvgIpc) is 1.85. The van der Waals surface area contributed by atoms with Crippen molar-refractivity contribution in [3.63, 3.8) is 0 Å². The van der Waals surface area contributed by atoms with Crippen LogP contribution < -0.4 is 5.32 Å². The van der Waals surface area contributed by atoms with E-state index in [0.717, 1.165) is 6.54 Å². The third-order valence-electron chi connectivity index (χ3n) is 3.68. The minimum absolute atomic E-state index is 0.378. The summed E-state index contributed by atoms with van der Waals surface area (Å²) in [5, 5.41) is 3.25. The normalized spacial score (nSPS) is 16.2. The van der Waals surface area contributed by atoms with Gasteiger partial charge < -0.3 is 5.32 Å². The molecular formula is C11H25N. The molecule has 0 rings (SSSR count). The van der Waals surface area contributed by atoms with E-state index < -0.39 is 0 Å². The zero-order chi connectivity index (χ0) is 9.99. The van der Waals surface area contributed by atoms with Gasteiger partial charge in [0.05, 0.1) is 0 Å². The van der Waals surface area contributed by atoms with Crippen LogP contribution in [0.4, 0.5) is 0 Å². The van der Waals surface area contributed by atoms with Crippen LogP contribution in [0.2, 0.25) is 0 Å². The summed E-state index contributed by atoms with van der Waals surface area (Å²) in [5.74, 6) is 0.711. The van der Waals surface area contributed by atoms with Gasteiger partial charge >= 0.3 is 0 Å². The van der Waals surface area contributed by atoms with Gasteiger partial charge in [0.1, 0.15) is 0 Å². The second-order valence-electron chi connectivity index (χ2n) is 5.43. The molecule has 0 saturated carbocycles. The first-order chi connectivity index (χ1) is 5.23. The molecule has 0 aliphatic carbocycles. The Bertz CT molecular complexity index is 130. The van der Waals surface area contributed by atoms with Crippen molar-refractivity contribution in [3.05, 3.63) is 0 Å². The molecule has 0 amide bonds. The van der Waals surface area contributed by atoms with Gasteiger partial charge in [0.25, 0.3) is 0 Å².